The summed E-state index contributed by atoms with van der Waals surface area (Å²) in [5.74, 6) is 0. The molecule has 1 aliphatic rings. The highest BCUT2D eigenvalue weighted by atomic mass is 32.2. The lowest BCUT2D eigenvalue weighted by atomic mass is 9.91. The summed E-state index contributed by atoms with van der Waals surface area (Å²) in [6, 6.07) is 9.16. The van der Waals surface area contributed by atoms with Crippen molar-refractivity contribution in [1.29, 1.82) is 0 Å². The summed E-state index contributed by atoms with van der Waals surface area (Å²) in [6.45, 7) is 3.34. The third-order valence-electron chi connectivity index (χ3n) is 4.36. The molecule has 154 valence electrons. The van der Waals surface area contributed by atoms with Gasteiger partial charge in [-0.3, -0.25) is 5.43 Å². The maximum Gasteiger partial charge on any atom is 0.419 e. The van der Waals surface area contributed by atoms with Crippen molar-refractivity contribution < 1.29 is 26.4 Å². The molecule has 1 aromatic heterocycles. The predicted octanol–water partition coefficient (Wildman–Crippen LogP) is 3.14. The van der Waals surface area contributed by atoms with Crippen LogP contribution in [0.4, 0.5) is 18.0 Å². The van der Waals surface area contributed by atoms with Gasteiger partial charge in [0, 0.05) is 11.9 Å². The molecule has 0 spiro atoms. The first kappa shape index (κ1) is 20.6. The van der Waals surface area contributed by atoms with E-state index in [-0.39, 0.29) is 0 Å². The van der Waals surface area contributed by atoms with Crippen molar-refractivity contribution in [3.05, 3.63) is 71.6 Å². The Bertz CT molecular complexity index is 1070. The second kappa shape index (κ2) is 7.07. The number of nitrogens with zero attached hydrogens (tertiary/aromatic N) is 2. The Kier molecular flexibility index (Phi) is 5.03. The smallest absolute Gasteiger partial charge is 0.298 e. The monoisotopic (exact) mass is 426 g/mol. The van der Waals surface area contributed by atoms with Gasteiger partial charge in [0.15, 0.2) is 5.03 Å². The van der Waals surface area contributed by atoms with Crippen LogP contribution in [0.15, 0.2) is 65.5 Å². The molecule has 2 heterocycles. The molecule has 0 radical (unpaired) electrons. The second-order valence-corrected chi connectivity index (χ2v) is 8.15. The van der Waals surface area contributed by atoms with Gasteiger partial charge in [-0.1, -0.05) is 30.3 Å². The van der Waals surface area contributed by atoms with Gasteiger partial charge >= 0.3 is 12.2 Å². The van der Waals surface area contributed by atoms with E-state index in [2.05, 4.69) is 10.4 Å². The van der Waals surface area contributed by atoms with E-state index >= 15 is 0 Å². The van der Waals surface area contributed by atoms with Crippen LogP contribution in [0, 0.1) is 0 Å². The highest BCUT2D eigenvalue weighted by Gasteiger charge is 2.43. The number of amides is 2. The number of pyridine rings is 1. The van der Waals surface area contributed by atoms with Crippen LogP contribution in [0.5, 0.6) is 0 Å². The van der Waals surface area contributed by atoms with Gasteiger partial charge < -0.3 is 0 Å². The fraction of sp³-hybridized carbons (Fsp3) is 0.222. The largest absolute Gasteiger partial charge is 0.419 e. The van der Waals surface area contributed by atoms with Crippen LogP contribution in [0.3, 0.4) is 0 Å². The molecule has 0 aliphatic carbocycles. The van der Waals surface area contributed by atoms with Crippen molar-refractivity contribution in [1.82, 2.24) is 20.1 Å². The predicted molar refractivity (Wildman–Crippen MR) is 97.5 cm³/mol. The average molecular weight is 426 g/mol. The highest BCUT2D eigenvalue weighted by molar-refractivity contribution is 7.90. The van der Waals surface area contributed by atoms with Gasteiger partial charge in [0.25, 0.3) is 10.0 Å². The second-order valence-electron chi connectivity index (χ2n) is 6.55. The van der Waals surface area contributed by atoms with Crippen molar-refractivity contribution in [2.45, 2.75) is 30.6 Å². The van der Waals surface area contributed by atoms with Crippen LogP contribution in [0.2, 0.25) is 0 Å². The molecule has 1 unspecified atom stereocenters. The molecule has 3 rings (SSSR count). The lowest BCUT2D eigenvalue weighted by molar-refractivity contribution is -0.140. The van der Waals surface area contributed by atoms with Gasteiger partial charge in [-0.05, 0) is 37.6 Å². The number of benzene rings is 1. The standard InChI is InChI=1S/C18H17F3N4O3S/c1-12-11-17(2,13-7-4-3-5-8-13)25(23-12)16(26)24-29(27,28)15-14(18(19,20)21)9-6-10-22-15/h3-11,23H,1-2H3,(H,24,26). The van der Waals surface area contributed by atoms with Gasteiger partial charge in [-0.25, -0.2) is 19.5 Å². The normalized spacial score (nSPS) is 19.5. The number of alkyl halides is 3. The molecule has 0 fully saturated rings. The number of rotatable bonds is 3. The minimum absolute atomic E-state index is 0.567. The molecule has 2 N–H and O–H groups in total. The number of sulfonamides is 1. The fourth-order valence-corrected chi connectivity index (χ4v) is 4.18. The number of hydrazine groups is 1. The third-order valence-corrected chi connectivity index (χ3v) is 5.64. The number of nitrogens with one attached hydrogen (secondary N) is 2. The fourth-order valence-electron chi connectivity index (χ4n) is 3.09. The number of hydrogen-bond donors (Lipinski definition) is 2. The van der Waals surface area contributed by atoms with E-state index in [1.165, 1.54) is 0 Å². The number of aromatic nitrogens is 1. The highest BCUT2D eigenvalue weighted by Crippen LogP contribution is 2.35. The molecule has 7 nitrogen and oxygen atoms in total. The van der Waals surface area contributed by atoms with Crippen LogP contribution < -0.4 is 10.1 Å². The molecule has 29 heavy (non-hydrogen) atoms. The van der Waals surface area contributed by atoms with Crippen molar-refractivity contribution in [2.24, 2.45) is 0 Å². The Balaban J connectivity index is 1.94. The Morgan fingerprint density at radius 3 is 2.45 bits per heavy atom. The Morgan fingerprint density at radius 1 is 1.17 bits per heavy atom. The maximum atomic E-state index is 13.2. The molecule has 1 aliphatic heterocycles. The molecule has 2 amide bonds. The molecule has 0 bridgehead atoms. The van der Waals surface area contributed by atoms with Gasteiger partial charge in [-0.2, -0.15) is 21.6 Å². The van der Waals surface area contributed by atoms with Crippen LogP contribution in [-0.2, 0) is 21.7 Å². The van der Waals surface area contributed by atoms with Gasteiger partial charge in [0.1, 0.15) is 5.54 Å². The number of carbonyl (C=O) groups excluding carboxylic acids is 1. The van der Waals surface area contributed by atoms with E-state index in [1.807, 2.05) is 0 Å². The topological polar surface area (TPSA) is 91.4 Å². The molecule has 1 aromatic carbocycles. The Labute approximate surface area is 165 Å². The van der Waals surface area contributed by atoms with E-state index in [1.54, 1.807) is 55.0 Å². The summed E-state index contributed by atoms with van der Waals surface area (Å²) < 4.78 is 66.2. The van der Waals surface area contributed by atoms with Crippen LogP contribution in [0.25, 0.3) is 0 Å². The molecule has 1 atom stereocenters. The first-order valence-electron chi connectivity index (χ1n) is 8.36. The molecular formula is C18H17F3N4O3S. The van der Waals surface area contributed by atoms with Crippen molar-refractivity contribution in [3.8, 4) is 0 Å². The summed E-state index contributed by atoms with van der Waals surface area (Å²) in [4.78, 5) is 16.1. The van der Waals surface area contributed by atoms with E-state index in [0.717, 1.165) is 17.3 Å². The van der Waals surface area contributed by atoms with E-state index < -0.39 is 38.4 Å². The minimum atomic E-state index is -4.95. The SMILES string of the molecule is CC1=CC(C)(c2ccccc2)N(C(=O)NS(=O)(=O)c2ncccc2C(F)(F)F)N1. The zero-order valence-corrected chi connectivity index (χ0v) is 16.2. The number of hydrogen-bond acceptors (Lipinski definition) is 5. The Hall–Kier alpha value is -3.08. The summed E-state index contributed by atoms with van der Waals surface area (Å²) in [7, 11) is -4.90. The summed E-state index contributed by atoms with van der Waals surface area (Å²) in [5, 5.41) is -0.267. The lowest BCUT2D eigenvalue weighted by Gasteiger charge is -2.34. The van der Waals surface area contributed by atoms with Crippen LogP contribution in [0.1, 0.15) is 25.0 Å². The number of allylic oxidation sites excluding steroid dienone is 1. The quantitative estimate of drug-likeness (QED) is 0.787. The van der Waals surface area contributed by atoms with Crippen molar-refractivity contribution >= 4 is 16.1 Å². The lowest BCUT2D eigenvalue weighted by Crippen LogP contribution is -2.54. The van der Waals surface area contributed by atoms with E-state index in [9.17, 15) is 26.4 Å². The number of urea groups is 1. The molecule has 2 aromatic rings. The first-order valence-corrected chi connectivity index (χ1v) is 9.84. The zero-order valence-electron chi connectivity index (χ0n) is 15.4. The van der Waals surface area contributed by atoms with Crippen LogP contribution >= 0.6 is 0 Å². The average Bonchev–Trinajstić information content (AvgIpc) is 2.97. The van der Waals surface area contributed by atoms with E-state index in [0.29, 0.717) is 17.3 Å². The number of halogens is 3. The van der Waals surface area contributed by atoms with Crippen molar-refractivity contribution in [3.63, 3.8) is 0 Å². The summed E-state index contributed by atoms with van der Waals surface area (Å²) >= 11 is 0. The maximum absolute atomic E-state index is 13.2. The minimum Gasteiger partial charge on any atom is -0.298 e. The molecule has 11 heteroatoms. The third kappa shape index (κ3) is 3.90. The summed E-state index contributed by atoms with van der Waals surface area (Å²) in [6.07, 6.45) is -2.34. The van der Waals surface area contributed by atoms with E-state index in [4.69, 9.17) is 0 Å². The molecule has 0 saturated heterocycles. The first-order chi connectivity index (χ1) is 13.4. The molecular weight excluding hydrogens is 409 g/mol. The van der Waals surface area contributed by atoms with Crippen molar-refractivity contribution in [2.75, 3.05) is 0 Å². The van der Waals surface area contributed by atoms with Gasteiger partial charge in [0.2, 0.25) is 0 Å². The summed E-state index contributed by atoms with van der Waals surface area (Å²) in [5.41, 5.74) is 1.45. The van der Waals surface area contributed by atoms with Crippen LogP contribution in [-0.4, -0.2) is 24.4 Å². The Morgan fingerprint density at radius 2 is 1.83 bits per heavy atom. The number of carbonyl (C=O) groups is 1. The molecule has 0 saturated carbocycles. The zero-order chi connectivity index (χ0) is 21.4. The van der Waals surface area contributed by atoms with Gasteiger partial charge in [-0.15, -0.1) is 0 Å². The van der Waals surface area contributed by atoms with Gasteiger partial charge in [0.05, 0.1) is 5.56 Å².